The zero-order valence-electron chi connectivity index (χ0n) is 9.24. The number of aromatic nitrogens is 1. The average molecular weight is 194 g/mol. The molecule has 0 amide bonds. The van der Waals surface area contributed by atoms with Gasteiger partial charge in [0.25, 0.3) is 0 Å². The van der Waals surface area contributed by atoms with E-state index in [4.69, 9.17) is 10.5 Å². The van der Waals surface area contributed by atoms with Gasteiger partial charge >= 0.3 is 0 Å². The maximum Gasteiger partial charge on any atom is 0.237 e. The van der Waals surface area contributed by atoms with Crippen LogP contribution < -0.4 is 10.5 Å². The Morgan fingerprint density at radius 1 is 1.43 bits per heavy atom. The number of nitrogens with two attached hydrogens (primary N) is 1. The average Bonchev–Trinajstić information content (AvgIpc) is 2.07. The predicted octanol–water partition coefficient (Wildman–Crippen LogP) is 2.48. The Morgan fingerprint density at radius 3 is 2.57 bits per heavy atom. The van der Waals surface area contributed by atoms with E-state index in [1.54, 1.807) is 18.3 Å². The van der Waals surface area contributed by atoms with Gasteiger partial charge in [-0.3, -0.25) is 0 Å². The minimum atomic E-state index is 0.0831. The number of anilines is 1. The predicted molar refractivity (Wildman–Crippen MR) is 58.2 cm³/mol. The number of hydrogen-bond acceptors (Lipinski definition) is 3. The first kappa shape index (κ1) is 10.8. The maximum atomic E-state index is 5.72. The van der Waals surface area contributed by atoms with Crippen LogP contribution in [0.2, 0.25) is 0 Å². The molecule has 3 heteroatoms. The van der Waals surface area contributed by atoms with Crippen molar-refractivity contribution in [2.75, 3.05) is 5.73 Å². The fourth-order valence-electron chi connectivity index (χ4n) is 0.846. The minimum Gasteiger partial charge on any atom is -0.473 e. The van der Waals surface area contributed by atoms with Crippen LogP contribution in [-0.4, -0.2) is 11.1 Å². The highest BCUT2D eigenvalue weighted by molar-refractivity contribution is 5.46. The number of nitrogen functional groups attached to an aromatic ring is 1. The summed E-state index contributed by atoms with van der Waals surface area (Å²) in [7, 11) is 0. The Hall–Kier alpha value is -1.25. The minimum absolute atomic E-state index is 0.0831. The molecule has 1 heterocycles. The Morgan fingerprint density at radius 2 is 2.07 bits per heavy atom. The second-order valence-electron chi connectivity index (χ2n) is 4.52. The van der Waals surface area contributed by atoms with Gasteiger partial charge in [0, 0.05) is 6.20 Å². The number of ether oxygens (including phenoxy) is 1. The fraction of sp³-hybridized carbons (Fsp3) is 0.545. The van der Waals surface area contributed by atoms with Gasteiger partial charge in [0.15, 0.2) is 0 Å². The lowest BCUT2D eigenvalue weighted by atomic mass is 9.90. The molecule has 3 nitrogen and oxygen atoms in total. The van der Waals surface area contributed by atoms with Crippen molar-refractivity contribution in [2.24, 2.45) is 5.41 Å². The molecule has 1 atom stereocenters. The van der Waals surface area contributed by atoms with E-state index in [1.807, 2.05) is 6.92 Å². The van der Waals surface area contributed by atoms with E-state index in [2.05, 4.69) is 25.8 Å². The van der Waals surface area contributed by atoms with Gasteiger partial charge in [-0.15, -0.1) is 0 Å². The van der Waals surface area contributed by atoms with Crippen molar-refractivity contribution >= 4 is 5.69 Å². The van der Waals surface area contributed by atoms with Crippen LogP contribution >= 0.6 is 0 Å². The molecule has 0 aliphatic heterocycles. The second-order valence-corrected chi connectivity index (χ2v) is 4.52. The molecule has 2 N–H and O–H groups in total. The van der Waals surface area contributed by atoms with Crippen LogP contribution in [0.15, 0.2) is 18.3 Å². The van der Waals surface area contributed by atoms with Gasteiger partial charge in [0.2, 0.25) is 5.88 Å². The summed E-state index contributed by atoms with van der Waals surface area (Å²) in [5.74, 6) is 0.523. The summed E-state index contributed by atoms with van der Waals surface area (Å²) in [6.07, 6.45) is 1.76. The van der Waals surface area contributed by atoms with Crippen molar-refractivity contribution < 1.29 is 4.74 Å². The van der Waals surface area contributed by atoms with Gasteiger partial charge in [0.1, 0.15) is 6.10 Å². The Bertz CT molecular complexity index is 304. The van der Waals surface area contributed by atoms with E-state index in [9.17, 15) is 0 Å². The summed E-state index contributed by atoms with van der Waals surface area (Å²) in [5, 5.41) is 0. The molecule has 0 saturated carbocycles. The normalized spacial score (nSPS) is 13.7. The highest BCUT2D eigenvalue weighted by Gasteiger charge is 2.22. The molecular formula is C11H18N2O. The third-order valence-corrected chi connectivity index (χ3v) is 2.31. The molecular weight excluding hydrogens is 176 g/mol. The van der Waals surface area contributed by atoms with Gasteiger partial charge in [-0.1, -0.05) is 20.8 Å². The van der Waals surface area contributed by atoms with Crippen LogP contribution in [0.3, 0.4) is 0 Å². The summed E-state index contributed by atoms with van der Waals surface area (Å²) >= 11 is 0. The fourth-order valence-corrected chi connectivity index (χ4v) is 0.846. The van der Waals surface area contributed by atoms with Crippen LogP contribution in [0.4, 0.5) is 5.69 Å². The van der Waals surface area contributed by atoms with Crippen molar-refractivity contribution in [1.29, 1.82) is 0 Å². The molecule has 0 saturated heterocycles. The Kier molecular flexibility index (Phi) is 2.99. The second kappa shape index (κ2) is 3.86. The molecule has 14 heavy (non-hydrogen) atoms. The first-order valence-corrected chi connectivity index (χ1v) is 4.78. The maximum absolute atomic E-state index is 5.72. The SMILES string of the molecule is CC(Oc1ncccc1N)C(C)(C)C. The molecule has 0 aromatic carbocycles. The Labute approximate surface area is 85.3 Å². The first-order chi connectivity index (χ1) is 6.41. The van der Waals surface area contributed by atoms with Crippen molar-refractivity contribution in [3.63, 3.8) is 0 Å². The van der Waals surface area contributed by atoms with Crippen LogP contribution in [0.25, 0.3) is 0 Å². The van der Waals surface area contributed by atoms with Gasteiger partial charge in [0.05, 0.1) is 5.69 Å². The standard InChI is InChI=1S/C11H18N2O/c1-8(11(2,3)4)14-10-9(12)6-5-7-13-10/h5-8H,12H2,1-4H3. The monoisotopic (exact) mass is 194 g/mol. The largest absolute Gasteiger partial charge is 0.473 e. The molecule has 78 valence electrons. The molecule has 1 unspecified atom stereocenters. The highest BCUT2D eigenvalue weighted by Crippen LogP contribution is 2.25. The third kappa shape index (κ3) is 2.62. The Balaban J connectivity index is 2.75. The molecule has 0 radical (unpaired) electrons. The molecule has 0 aliphatic rings. The van der Waals surface area contributed by atoms with E-state index in [0.717, 1.165) is 0 Å². The number of hydrogen-bond donors (Lipinski definition) is 1. The summed E-state index contributed by atoms with van der Waals surface area (Å²) in [6.45, 7) is 8.39. The lowest BCUT2D eigenvalue weighted by Crippen LogP contribution is -2.29. The number of nitrogens with zero attached hydrogens (tertiary/aromatic N) is 1. The van der Waals surface area contributed by atoms with Gasteiger partial charge in [-0.25, -0.2) is 4.98 Å². The van der Waals surface area contributed by atoms with Crippen LogP contribution in [0.1, 0.15) is 27.7 Å². The third-order valence-electron chi connectivity index (χ3n) is 2.31. The highest BCUT2D eigenvalue weighted by atomic mass is 16.5. The first-order valence-electron chi connectivity index (χ1n) is 4.78. The van der Waals surface area contributed by atoms with Crippen LogP contribution in [0, 0.1) is 5.41 Å². The quantitative estimate of drug-likeness (QED) is 0.786. The van der Waals surface area contributed by atoms with E-state index >= 15 is 0 Å². The molecule has 1 rings (SSSR count). The lowest BCUT2D eigenvalue weighted by Gasteiger charge is -2.27. The van der Waals surface area contributed by atoms with Crippen molar-refractivity contribution in [2.45, 2.75) is 33.8 Å². The molecule has 0 bridgehead atoms. The zero-order chi connectivity index (χ0) is 10.8. The topological polar surface area (TPSA) is 48.1 Å². The lowest BCUT2D eigenvalue weighted by molar-refractivity contribution is 0.0994. The molecule has 0 fully saturated rings. The van der Waals surface area contributed by atoms with E-state index in [-0.39, 0.29) is 11.5 Å². The summed E-state index contributed by atoms with van der Waals surface area (Å²) in [4.78, 5) is 4.08. The molecule has 0 spiro atoms. The molecule has 0 aliphatic carbocycles. The van der Waals surface area contributed by atoms with Crippen molar-refractivity contribution in [1.82, 2.24) is 4.98 Å². The zero-order valence-corrected chi connectivity index (χ0v) is 9.24. The van der Waals surface area contributed by atoms with Crippen LogP contribution in [0.5, 0.6) is 5.88 Å². The van der Waals surface area contributed by atoms with E-state index < -0.39 is 0 Å². The smallest absolute Gasteiger partial charge is 0.237 e. The van der Waals surface area contributed by atoms with Crippen molar-refractivity contribution in [3.8, 4) is 5.88 Å². The summed E-state index contributed by atoms with van der Waals surface area (Å²) in [5.41, 5.74) is 6.40. The van der Waals surface area contributed by atoms with E-state index in [1.165, 1.54) is 0 Å². The van der Waals surface area contributed by atoms with Gasteiger partial charge < -0.3 is 10.5 Å². The summed E-state index contributed by atoms with van der Waals surface area (Å²) < 4.78 is 5.67. The number of pyridine rings is 1. The van der Waals surface area contributed by atoms with Gasteiger partial charge in [-0.05, 0) is 24.5 Å². The van der Waals surface area contributed by atoms with Crippen molar-refractivity contribution in [3.05, 3.63) is 18.3 Å². The van der Waals surface area contributed by atoms with Crippen LogP contribution in [-0.2, 0) is 0 Å². The summed E-state index contributed by atoms with van der Waals surface area (Å²) in [6, 6.07) is 3.58. The van der Waals surface area contributed by atoms with E-state index in [0.29, 0.717) is 11.6 Å². The number of rotatable bonds is 2. The molecule has 1 aromatic heterocycles. The molecule has 1 aromatic rings. The van der Waals surface area contributed by atoms with Gasteiger partial charge in [-0.2, -0.15) is 0 Å².